The molecule has 2 atom stereocenters. The summed E-state index contributed by atoms with van der Waals surface area (Å²) in [5.41, 5.74) is 0. The lowest BCUT2D eigenvalue weighted by Crippen LogP contribution is -2.45. The Labute approximate surface area is 418 Å². The normalized spacial score (nSPS) is 12.7. The van der Waals surface area contributed by atoms with Gasteiger partial charge < -0.3 is 20.3 Å². The molecule has 0 bridgehead atoms. The topological polar surface area (TPSA) is 95.9 Å². The molecule has 0 aromatic heterocycles. The third-order valence-corrected chi connectivity index (χ3v) is 14.0. The predicted octanol–water partition coefficient (Wildman–Crippen LogP) is 18.6. The minimum atomic E-state index is -0.846. The second kappa shape index (κ2) is 56.9. The molecule has 0 aromatic carbocycles. The fourth-order valence-corrected chi connectivity index (χ4v) is 9.34. The van der Waals surface area contributed by atoms with Crippen molar-refractivity contribution in [1.82, 2.24) is 5.32 Å². The molecule has 1 amide bonds. The van der Waals surface area contributed by atoms with Crippen LogP contribution >= 0.6 is 0 Å². The Kier molecular flexibility index (Phi) is 55.5. The van der Waals surface area contributed by atoms with Crippen molar-refractivity contribution in [2.75, 3.05) is 13.2 Å². The first-order chi connectivity index (χ1) is 33.0. The third kappa shape index (κ3) is 53.5. The number of unbranched alkanes of at least 4 members (excludes halogenated alkanes) is 43. The zero-order chi connectivity index (χ0) is 48.6. The lowest BCUT2D eigenvalue weighted by molar-refractivity contribution is -0.143. The van der Waals surface area contributed by atoms with E-state index in [1.54, 1.807) is 6.08 Å². The van der Waals surface area contributed by atoms with Gasteiger partial charge in [-0.1, -0.05) is 282 Å². The van der Waals surface area contributed by atoms with Gasteiger partial charge in [0.05, 0.1) is 25.4 Å². The summed E-state index contributed by atoms with van der Waals surface area (Å²) in [6, 6.07) is -0.630. The smallest absolute Gasteiger partial charge is 0.305 e. The van der Waals surface area contributed by atoms with Crippen LogP contribution in [0.5, 0.6) is 0 Å². The van der Waals surface area contributed by atoms with Gasteiger partial charge in [0.1, 0.15) is 0 Å². The Hall–Kier alpha value is -1.66. The maximum atomic E-state index is 12.4. The quantitative estimate of drug-likeness (QED) is 0.0321. The van der Waals surface area contributed by atoms with Crippen LogP contribution in [0.15, 0.2) is 24.3 Å². The van der Waals surface area contributed by atoms with Crippen molar-refractivity contribution in [1.29, 1.82) is 0 Å². The molecule has 0 heterocycles. The molecule has 0 aliphatic carbocycles. The van der Waals surface area contributed by atoms with Gasteiger partial charge in [0.2, 0.25) is 5.91 Å². The number of aliphatic hydroxyl groups is 2. The number of allylic oxidation sites excluding steroid dienone is 3. The van der Waals surface area contributed by atoms with E-state index >= 15 is 0 Å². The molecule has 0 saturated heterocycles. The maximum absolute atomic E-state index is 12.4. The highest BCUT2D eigenvalue weighted by molar-refractivity contribution is 5.76. The van der Waals surface area contributed by atoms with Gasteiger partial charge in [-0.2, -0.15) is 0 Å². The van der Waals surface area contributed by atoms with Crippen LogP contribution in [0, 0.1) is 0 Å². The van der Waals surface area contributed by atoms with Crippen molar-refractivity contribution in [3.63, 3.8) is 0 Å². The minimum absolute atomic E-state index is 0.0137. The van der Waals surface area contributed by atoms with Crippen LogP contribution < -0.4 is 5.32 Å². The molecule has 0 spiro atoms. The van der Waals surface area contributed by atoms with Crippen LogP contribution in [0.1, 0.15) is 328 Å². The number of aliphatic hydroxyl groups excluding tert-OH is 2. The molecule has 2 unspecified atom stereocenters. The highest BCUT2D eigenvalue weighted by Crippen LogP contribution is 2.17. The number of carbonyl (C=O) groups excluding carboxylic acids is 2. The number of amides is 1. The van der Waals surface area contributed by atoms with Gasteiger partial charge in [0.15, 0.2) is 0 Å². The minimum Gasteiger partial charge on any atom is -0.466 e. The van der Waals surface area contributed by atoms with E-state index in [1.165, 1.54) is 263 Å². The Morgan fingerprint density at radius 2 is 0.701 bits per heavy atom. The first-order valence-electron chi connectivity index (χ1n) is 30.1. The summed E-state index contributed by atoms with van der Waals surface area (Å²) < 4.78 is 5.48. The molecule has 0 aliphatic rings. The molecule has 6 heteroatoms. The largest absolute Gasteiger partial charge is 0.466 e. The van der Waals surface area contributed by atoms with E-state index < -0.39 is 12.1 Å². The molecular formula is C61H117NO5. The van der Waals surface area contributed by atoms with Gasteiger partial charge in [-0.05, 0) is 57.8 Å². The standard InChI is InChI=1S/C61H117NO5/c1-3-5-7-9-11-13-15-29-33-37-41-45-49-53-59(64)58(57-63)62-60(65)54-50-46-42-38-34-31-27-25-23-21-19-17-18-20-22-24-26-28-32-36-40-44-48-52-56-67-61(66)55-51-47-43-39-35-30-16-14-12-10-8-6-4-2/h19,21,49,53,58-59,63-64H,3-18,20,22-48,50-52,54-57H2,1-2H3,(H,62,65)/b21-19-,53-49+. The summed E-state index contributed by atoms with van der Waals surface area (Å²) in [5, 5.41) is 23.1. The summed E-state index contributed by atoms with van der Waals surface area (Å²) in [4.78, 5) is 24.5. The van der Waals surface area contributed by atoms with Gasteiger partial charge in [0, 0.05) is 12.8 Å². The molecule has 0 aliphatic heterocycles. The fourth-order valence-electron chi connectivity index (χ4n) is 9.34. The Balaban J connectivity index is 3.41. The molecule has 6 nitrogen and oxygen atoms in total. The second-order valence-electron chi connectivity index (χ2n) is 20.7. The van der Waals surface area contributed by atoms with Crippen LogP contribution in [0.25, 0.3) is 0 Å². The van der Waals surface area contributed by atoms with Crippen molar-refractivity contribution in [3.05, 3.63) is 24.3 Å². The zero-order valence-electron chi connectivity index (χ0n) is 45.1. The number of esters is 1. The van der Waals surface area contributed by atoms with Gasteiger partial charge in [0.25, 0.3) is 0 Å². The number of ether oxygens (including phenoxy) is 1. The molecule has 0 fully saturated rings. The summed E-state index contributed by atoms with van der Waals surface area (Å²) in [6.07, 6.45) is 69.3. The first kappa shape index (κ1) is 65.3. The number of hydrogen-bond donors (Lipinski definition) is 3. The Morgan fingerprint density at radius 1 is 0.403 bits per heavy atom. The highest BCUT2D eigenvalue weighted by atomic mass is 16.5. The van der Waals surface area contributed by atoms with E-state index in [-0.39, 0.29) is 18.5 Å². The van der Waals surface area contributed by atoms with Gasteiger partial charge >= 0.3 is 5.97 Å². The number of nitrogens with one attached hydrogen (secondary N) is 1. The first-order valence-corrected chi connectivity index (χ1v) is 30.1. The van der Waals surface area contributed by atoms with Crippen molar-refractivity contribution in [2.45, 2.75) is 341 Å². The lowest BCUT2D eigenvalue weighted by atomic mass is 10.0. The molecule has 0 aromatic rings. The van der Waals surface area contributed by atoms with Crippen LogP contribution in [0.2, 0.25) is 0 Å². The third-order valence-electron chi connectivity index (χ3n) is 14.0. The van der Waals surface area contributed by atoms with E-state index in [9.17, 15) is 19.8 Å². The number of carbonyl (C=O) groups is 2. The van der Waals surface area contributed by atoms with Crippen molar-refractivity contribution >= 4 is 11.9 Å². The van der Waals surface area contributed by atoms with Crippen molar-refractivity contribution in [2.24, 2.45) is 0 Å². The molecule has 396 valence electrons. The van der Waals surface area contributed by atoms with E-state index in [0.29, 0.717) is 19.4 Å². The van der Waals surface area contributed by atoms with E-state index in [4.69, 9.17) is 4.74 Å². The van der Waals surface area contributed by atoms with E-state index in [2.05, 4.69) is 31.3 Å². The maximum Gasteiger partial charge on any atom is 0.305 e. The average Bonchev–Trinajstić information content (AvgIpc) is 3.33. The average molecular weight is 945 g/mol. The second-order valence-corrected chi connectivity index (χ2v) is 20.7. The van der Waals surface area contributed by atoms with Gasteiger partial charge in [-0.25, -0.2) is 0 Å². The fraction of sp³-hybridized carbons (Fsp3) is 0.902. The molecule has 0 saturated carbocycles. The van der Waals surface area contributed by atoms with Gasteiger partial charge in [-0.3, -0.25) is 9.59 Å². The van der Waals surface area contributed by atoms with Crippen LogP contribution in [0.3, 0.4) is 0 Å². The lowest BCUT2D eigenvalue weighted by Gasteiger charge is -2.20. The number of hydrogen-bond acceptors (Lipinski definition) is 5. The van der Waals surface area contributed by atoms with Crippen LogP contribution in [0.4, 0.5) is 0 Å². The Bertz CT molecular complexity index is 1040. The summed E-state index contributed by atoms with van der Waals surface area (Å²) in [6.45, 7) is 4.91. The monoisotopic (exact) mass is 944 g/mol. The highest BCUT2D eigenvalue weighted by Gasteiger charge is 2.18. The molecular weight excluding hydrogens is 827 g/mol. The summed E-state index contributed by atoms with van der Waals surface area (Å²) >= 11 is 0. The van der Waals surface area contributed by atoms with Crippen LogP contribution in [-0.4, -0.2) is 47.4 Å². The SMILES string of the molecule is CCCCCCCCCCCCC/C=C/C(O)C(CO)NC(=O)CCCCCCCCCC/C=C\CCCCCCCCCCCCCCOC(=O)CCCCCCCCCCCCCCC. The van der Waals surface area contributed by atoms with Crippen LogP contribution in [-0.2, 0) is 14.3 Å². The van der Waals surface area contributed by atoms with Crippen molar-refractivity contribution < 1.29 is 24.5 Å². The van der Waals surface area contributed by atoms with Crippen molar-refractivity contribution in [3.8, 4) is 0 Å². The molecule has 0 rings (SSSR count). The summed E-state index contributed by atoms with van der Waals surface area (Å²) in [5.74, 6) is -0.0583. The molecule has 67 heavy (non-hydrogen) atoms. The molecule has 0 radical (unpaired) electrons. The molecule has 3 N–H and O–H groups in total. The Morgan fingerprint density at radius 3 is 1.06 bits per heavy atom. The summed E-state index contributed by atoms with van der Waals surface area (Å²) in [7, 11) is 0. The number of rotatable bonds is 56. The predicted molar refractivity (Wildman–Crippen MR) is 292 cm³/mol. The zero-order valence-corrected chi connectivity index (χ0v) is 45.1. The van der Waals surface area contributed by atoms with E-state index in [1.807, 2.05) is 6.08 Å². The van der Waals surface area contributed by atoms with E-state index in [0.717, 1.165) is 38.5 Å². The van der Waals surface area contributed by atoms with Gasteiger partial charge in [-0.15, -0.1) is 0 Å².